The maximum absolute atomic E-state index is 11.1. The second-order valence-corrected chi connectivity index (χ2v) is 4.31. The average molecular weight is 231 g/mol. The van der Waals surface area contributed by atoms with Crippen molar-refractivity contribution in [3.05, 3.63) is 0 Å². The Labute approximate surface area is 96.2 Å². The first kappa shape index (κ1) is 13.4. The summed E-state index contributed by atoms with van der Waals surface area (Å²) in [6, 6.07) is -0.696. The van der Waals surface area contributed by atoms with Gasteiger partial charge in [-0.2, -0.15) is 0 Å². The minimum atomic E-state index is -0.696. The molecule has 0 bridgehead atoms. The summed E-state index contributed by atoms with van der Waals surface area (Å²) in [6.45, 7) is 4.25. The fraction of sp³-hybridized carbons (Fsp3) is 0.909. The van der Waals surface area contributed by atoms with Crippen LogP contribution in [0.5, 0.6) is 0 Å². The van der Waals surface area contributed by atoms with Gasteiger partial charge in [0, 0.05) is 0 Å². The second-order valence-electron chi connectivity index (χ2n) is 4.31. The normalized spacial score (nSPS) is 32.1. The zero-order valence-electron chi connectivity index (χ0n) is 10.1. The molecule has 94 valence electrons. The lowest BCUT2D eigenvalue weighted by Gasteiger charge is -2.32. The van der Waals surface area contributed by atoms with Crippen LogP contribution in [0.25, 0.3) is 0 Å². The van der Waals surface area contributed by atoms with Gasteiger partial charge >= 0.3 is 5.97 Å². The summed E-state index contributed by atoms with van der Waals surface area (Å²) in [5.41, 5.74) is 5.58. The maximum atomic E-state index is 11.1. The van der Waals surface area contributed by atoms with E-state index in [4.69, 9.17) is 15.2 Å². The van der Waals surface area contributed by atoms with Gasteiger partial charge in [0.2, 0.25) is 0 Å². The summed E-state index contributed by atoms with van der Waals surface area (Å²) >= 11 is 0. The lowest BCUT2D eigenvalue weighted by Crippen LogP contribution is -2.40. The van der Waals surface area contributed by atoms with Crippen LogP contribution < -0.4 is 5.73 Å². The molecule has 0 spiro atoms. The third-order valence-electron chi connectivity index (χ3n) is 2.67. The van der Waals surface area contributed by atoms with Crippen molar-refractivity contribution < 1.29 is 19.0 Å². The van der Waals surface area contributed by atoms with Gasteiger partial charge in [-0.25, -0.2) is 0 Å². The Kier molecular flexibility index (Phi) is 5.18. The molecule has 0 radical (unpaired) electrons. The number of esters is 1. The molecule has 1 heterocycles. The molecule has 2 N–H and O–H groups in total. The number of nitrogens with two attached hydrogens (primary N) is 1. The highest BCUT2D eigenvalue weighted by Gasteiger charge is 2.26. The summed E-state index contributed by atoms with van der Waals surface area (Å²) in [5, 5.41) is 0. The van der Waals surface area contributed by atoms with Crippen LogP contribution in [0.15, 0.2) is 0 Å². The third kappa shape index (κ3) is 4.08. The lowest BCUT2D eigenvalue weighted by molar-refractivity contribution is -0.146. The summed E-state index contributed by atoms with van der Waals surface area (Å²) < 4.78 is 15.7. The van der Waals surface area contributed by atoms with Crippen LogP contribution in [0.1, 0.15) is 26.7 Å². The first-order chi connectivity index (χ1) is 7.52. The first-order valence-corrected chi connectivity index (χ1v) is 5.63. The van der Waals surface area contributed by atoms with Crippen molar-refractivity contribution in [2.75, 3.05) is 13.7 Å². The van der Waals surface area contributed by atoms with Crippen LogP contribution in [0.4, 0.5) is 0 Å². The van der Waals surface area contributed by atoms with Crippen molar-refractivity contribution in [3.8, 4) is 0 Å². The quantitative estimate of drug-likeness (QED) is 0.712. The highest BCUT2D eigenvalue weighted by Crippen LogP contribution is 2.21. The van der Waals surface area contributed by atoms with E-state index in [0.717, 1.165) is 12.8 Å². The van der Waals surface area contributed by atoms with Gasteiger partial charge in [-0.05, 0) is 26.7 Å². The second kappa shape index (κ2) is 6.18. The Balaban J connectivity index is 2.29. The Morgan fingerprint density at radius 2 is 2.00 bits per heavy atom. The van der Waals surface area contributed by atoms with Crippen molar-refractivity contribution in [1.29, 1.82) is 0 Å². The van der Waals surface area contributed by atoms with Gasteiger partial charge in [-0.1, -0.05) is 0 Å². The average Bonchev–Trinajstić information content (AvgIpc) is 2.23. The minimum absolute atomic E-state index is 0.120. The molecule has 0 saturated carbocycles. The van der Waals surface area contributed by atoms with Crippen molar-refractivity contribution in [2.45, 2.75) is 51.0 Å². The van der Waals surface area contributed by atoms with Gasteiger partial charge in [-0.3, -0.25) is 4.79 Å². The molecule has 3 unspecified atom stereocenters. The topological polar surface area (TPSA) is 70.8 Å². The van der Waals surface area contributed by atoms with E-state index in [1.54, 1.807) is 0 Å². The smallest absolute Gasteiger partial charge is 0.325 e. The highest BCUT2D eigenvalue weighted by molar-refractivity contribution is 5.75. The predicted molar refractivity (Wildman–Crippen MR) is 59.0 cm³/mol. The van der Waals surface area contributed by atoms with Crippen LogP contribution in [0.2, 0.25) is 0 Å². The van der Waals surface area contributed by atoms with Crippen LogP contribution in [-0.4, -0.2) is 44.0 Å². The molecule has 0 aromatic rings. The molecule has 3 atom stereocenters. The fourth-order valence-electron chi connectivity index (χ4n) is 1.94. The van der Waals surface area contributed by atoms with E-state index >= 15 is 0 Å². The van der Waals surface area contributed by atoms with Gasteiger partial charge < -0.3 is 19.9 Å². The van der Waals surface area contributed by atoms with Gasteiger partial charge in [0.05, 0.1) is 32.0 Å². The van der Waals surface area contributed by atoms with Gasteiger partial charge in [-0.15, -0.1) is 0 Å². The molecule has 1 aliphatic heterocycles. The van der Waals surface area contributed by atoms with Crippen LogP contribution in [0, 0.1) is 0 Å². The van der Waals surface area contributed by atoms with E-state index < -0.39 is 12.0 Å². The summed E-state index contributed by atoms with van der Waals surface area (Å²) in [7, 11) is 1.32. The van der Waals surface area contributed by atoms with Crippen LogP contribution >= 0.6 is 0 Å². The lowest BCUT2D eigenvalue weighted by atomic mass is 10.0. The molecular formula is C11H21NO4. The molecule has 1 aliphatic rings. The Bertz CT molecular complexity index is 224. The van der Waals surface area contributed by atoms with Gasteiger partial charge in [0.1, 0.15) is 6.04 Å². The molecule has 0 aliphatic carbocycles. The highest BCUT2D eigenvalue weighted by atomic mass is 16.5. The monoisotopic (exact) mass is 231 g/mol. The molecule has 0 aromatic carbocycles. The van der Waals surface area contributed by atoms with E-state index in [1.807, 2.05) is 13.8 Å². The first-order valence-electron chi connectivity index (χ1n) is 5.63. The number of hydrogen-bond acceptors (Lipinski definition) is 5. The number of ether oxygens (including phenoxy) is 3. The number of hydrogen-bond donors (Lipinski definition) is 1. The Hall–Kier alpha value is -0.650. The van der Waals surface area contributed by atoms with E-state index in [0.29, 0.717) is 0 Å². The van der Waals surface area contributed by atoms with Crippen LogP contribution in [-0.2, 0) is 19.0 Å². The van der Waals surface area contributed by atoms with E-state index in [1.165, 1.54) is 7.11 Å². The summed E-state index contributed by atoms with van der Waals surface area (Å²) in [6.07, 6.45) is 2.21. The minimum Gasteiger partial charge on any atom is -0.468 e. The molecule has 1 saturated heterocycles. The molecule has 16 heavy (non-hydrogen) atoms. The molecular weight excluding hydrogens is 210 g/mol. The summed E-state index contributed by atoms with van der Waals surface area (Å²) in [5.74, 6) is -0.437. The van der Waals surface area contributed by atoms with Gasteiger partial charge in [0.25, 0.3) is 0 Å². The molecule has 5 nitrogen and oxygen atoms in total. The van der Waals surface area contributed by atoms with E-state index in [9.17, 15) is 4.79 Å². The summed E-state index contributed by atoms with van der Waals surface area (Å²) in [4.78, 5) is 11.1. The zero-order chi connectivity index (χ0) is 12.1. The number of methoxy groups -OCH3 is 1. The predicted octanol–water partition coefficient (Wildman–Crippen LogP) is 0.459. The van der Waals surface area contributed by atoms with E-state index in [-0.39, 0.29) is 24.9 Å². The molecule has 0 aromatic heterocycles. The third-order valence-corrected chi connectivity index (χ3v) is 2.67. The SMILES string of the molecule is COC(=O)C(N)COC1CC(C)OC(C)C1. The van der Waals surface area contributed by atoms with Crippen molar-refractivity contribution in [2.24, 2.45) is 5.73 Å². The molecule has 1 rings (SSSR count). The number of rotatable bonds is 4. The molecule has 5 heteroatoms. The Morgan fingerprint density at radius 1 is 1.44 bits per heavy atom. The number of carbonyl (C=O) groups excluding carboxylic acids is 1. The van der Waals surface area contributed by atoms with Gasteiger partial charge in [0.15, 0.2) is 0 Å². The van der Waals surface area contributed by atoms with E-state index in [2.05, 4.69) is 4.74 Å². The molecule has 1 fully saturated rings. The van der Waals surface area contributed by atoms with Crippen molar-refractivity contribution >= 4 is 5.97 Å². The van der Waals surface area contributed by atoms with Crippen molar-refractivity contribution in [1.82, 2.24) is 0 Å². The van der Waals surface area contributed by atoms with Crippen LogP contribution in [0.3, 0.4) is 0 Å². The largest absolute Gasteiger partial charge is 0.468 e. The standard InChI is InChI=1S/C11H21NO4/c1-7-4-9(5-8(2)16-7)15-6-10(12)11(13)14-3/h7-10H,4-6,12H2,1-3H3. The zero-order valence-corrected chi connectivity index (χ0v) is 10.1. The van der Waals surface area contributed by atoms with Crippen molar-refractivity contribution in [3.63, 3.8) is 0 Å². The molecule has 0 amide bonds. The Morgan fingerprint density at radius 3 is 2.50 bits per heavy atom. The number of carbonyl (C=O) groups is 1. The fourth-order valence-corrected chi connectivity index (χ4v) is 1.94. The maximum Gasteiger partial charge on any atom is 0.325 e.